The molecule has 2 heterocycles. The quantitative estimate of drug-likeness (QED) is 0.575. The molecule has 26 heavy (non-hydrogen) atoms. The van der Waals surface area contributed by atoms with E-state index in [4.69, 9.17) is 4.74 Å². The molecule has 0 aliphatic rings. The van der Waals surface area contributed by atoms with Crippen LogP contribution in [0, 0.1) is 6.07 Å². The maximum Gasteiger partial charge on any atom is 0.175 e. The van der Waals surface area contributed by atoms with Crippen molar-refractivity contribution in [2.75, 3.05) is 18.7 Å². The molecule has 0 unspecified atom stereocenters. The number of anilines is 2. The molecule has 0 saturated carbocycles. The minimum absolute atomic E-state index is 0.221. The van der Waals surface area contributed by atoms with Crippen LogP contribution in [0.25, 0.3) is 21.8 Å². The number of H-pyrrole nitrogens is 1. The topological polar surface area (TPSA) is 97.0 Å². The molecule has 0 aliphatic carbocycles. The average Bonchev–Trinajstić information content (AvgIpc) is 3.11. The van der Waals surface area contributed by atoms with Crippen LogP contribution in [0.2, 0.25) is 0 Å². The molecular formula is C18H15N4O3S. The summed E-state index contributed by atoms with van der Waals surface area (Å²) in [6.07, 6.45) is 2.87. The Morgan fingerprint density at radius 3 is 2.85 bits per heavy atom. The largest absolute Gasteiger partial charge is 0.495 e. The number of hydrogen-bond acceptors (Lipinski definition) is 6. The maximum atomic E-state index is 11.9. The van der Waals surface area contributed by atoms with Crippen LogP contribution in [-0.2, 0) is 9.84 Å². The highest BCUT2D eigenvalue weighted by atomic mass is 32.2. The lowest BCUT2D eigenvalue weighted by molar-refractivity contribution is 0.416. The average molecular weight is 367 g/mol. The van der Waals surface area contributed by atoms with Crippen LogP contribution in [0.4, 0.5) is 11.5 Å². The predicted octanol–water partition coefficient (Wildman–Crippen LogP) is 3.07. The van der Waals surface area contributed by atoms with Crippen molar-refractivity contribution in [2.24, 2.45) is 0 Å². The SMILES string of the molecule is COc1c[c]ccc1Nc1nc2cc(S(C)(=O)=O)ccc2c2cn[nH]c12. The van der Waals surface area contributed by atoms with Gasteiger partial charge in [0.15, 0.2) is 15.7 Å². The molecule has 0 saturated heterocycles. The molecule has 0 aliphatic heterocycles. The van der Waals surface area contributed by atoms with E-state index in [9.17, 15) is 8.42 Å². The molecule has 2 N–H and O–H groups in total. The van der Waals surface area contributed by atoms with E-state index in [1.165, 1.54) is 6.26 Å². The summed E-state index contributed by atoms with van der Waals surface area (Å²) in [5.74, 6) is 1.15. The summed E-state index contributed by atoms with van der Waals surface area (Å²) < 4.78 is 29.1. The van der Waals surface area contributed by atoms with Crippen molar-refractivity contribution in [3.8, 4) is 5.75 Å². The van der Waals surface area contributed by atoms with E-state index in [1.54, 1.807) is 43.6 Å². The highest BCUT2D eigenvalue weighted by Gasteiger charge is 2.15. The maximum absolute atomic E-state index is 11.9. The monoisotopic (exact) mass is 367 g/mol. The number of rotatable bonds is 4. The zero-order chi connectivity index (χ0) is 18.3. The number of methoxy groups -OCH3 is 1. The molecule has 8 heteroatoms. The molecular weight excluding hydrogens is 352 g/mol. The van der Waals surface area contributed by atoms with Gasteiger partial charge in [-0.2, -0.15) is 5.10 Å². The summed E-state index contributed by atoms with van der Waals surface area (Å²) in [4.78, 5) is 4.83. The lowest BCUT2D eigenvalue weighted by Crippen LogP contribution is -2.00. The third kappa shape index (κ3) is 2.74. The number of pyridine rings is 1. The van der Waals surface area contributed by atoms with Gasteiger partial charge >= 0.3 is 0 Å². The summed E-state index contributed by atoms with van der Waals surface area (Å²) in [7, 11) is -1.75. The number of ether oxygens (including phenoxy) is 1. The fourth-order valence-electron chi connectivity index (χ4n) is 2.81. The third-order valence-electron chi connectivity index (χ3n) is 4.10. The Kier molecular flexibility index (Phi) is 3.77. The second-order valence-electron chi connectivity index (χ2n) is 5.82. The number of aromatic nitrogens is 3. The Morgan fingerprint density at radius 2 is 2.08 bits per heavy atom. The molecule has 0 spiro atoms. The van der Waals surface area contributed by atoms with Gasteiger partial charge in [0.25, 0.3) is 0 Å². The van der Waals surface area contributed by atoms with Crippen molar-refractivity contribution in [1.29, 1.82) is 0 Å². The van der Waals surface area contributed by atoms with Crippen LogP contribution < -0.4 is 10.1 Å². The van der Waals surface area contributed by atoms with Crippen LogP contribution in [-0.4, -0.2) is 37.0 Å². The van der Waals surface area contributed by atoms with Gasteiger partial charge in [-0.15, -0.1) is 0 Å². The van der Waals surface area contributed by atoms with Gasteiger partial charge in [0.05, 0.1) is 29.4 Å². The summed E-state index contributed by atoms with van der Waals surface area (Å²) in [6.45, 7) is 0. The van der Waals surface area contributed by atoms with Crippen molar-refractivity contribution in [1.82, 2.24) is 15.2 Å². The van der Waals surface area contributed by atoms with Crippen LogP contribution in [0.15, 0.2) is 47.5 Å². The summed E-state index contributed by atoms with van der Waals surface area (Å²) in [5, 5.41) is 11.9. The molecule has 1 radical (unpaired) electrons. The highest BCUT2D eigenvalue weighted by molar-refractivity contribution is 7.90. The highest BCUT2D eigenvalue weighted by Crippen LogP contribution is 2.33. The van der Waals surface area contributed by atoms with E-state index in [0.29, 0.717) is 22.8 Å². The van der Waals surface area contributed by atoms with E-state index in [2.05, 4.69) is 26.6 Å². The summed E-state index contributed by atoms with van der Waals surface area (Å²) in [6, 6.07) is 13.1. The first kappa shape index (κ1) is 16.3. The minimum Gasteiger partial charge on any atom is -0.495 e. The molecule has 7 nitrogen and oxygen atoms in total. The molecule has 0 fully saturated rings. The lowest BCUT2D eigenvalue weighted by atomic mass is 10.1. The van der Waals surface area contributed by atoms with Crippen molar-refractivity contribution < 1.29 is 13.2 Å². The summed E-state index contributed by atoms with van der Waals surface area (Å²) in [5.41, 5.74) is 2.00. The Hall–Kier alpha value is -3.13. The van der Waals surface area contributed by atoms with E-state index >= 15 is 0 Å². The van der Waals surface area contributed by atoms with Crippen LogP contribution in [0.1, 0.15) is 0 Å². The number of benzene rings is 2. The molecule has 0 bridgehead atoms. The van der Waals surface area contributed by atoms with Crippen LogP contribution in [0.5, 0.6) is 5.75 Å². The number of nitrogens with one attached hydrogen (secondary N) is 2. The Bertz CT molecular complexity index is 1230. The second kappa shape index (κ2) is 5.99. The van der Waals surface area contributed by atoms with E-state index in [-0.39, 0.29) is 4.90 Å². The molecule has 4 aromatic rings. The Balaban J connectivity index is 1.94. The standard InChI is InChI=1S/C18H15N4O3S/c1-25-16-6-4-3-5-14(16)20-18-17-13(10-19-22-17)12-8-7-11(26(2,23)24)9-15(12)21-18/h3,5-10H,1-2H3,(H,19,22)(H,20,21). The first-order valence-electron chi connectivity index (χ1n) is 7.75. The van der Waals surface area contributed by atoms with Gasteiger partial charge in [-0.1, -0.05) is 12.1 Å². The molecule has 0 amide bonds. The smallest absolute Gasteiger partial charge is 0.175 e. The fraction of sp³-hybridized carbons (Fsp3) is 0.111. The van der Waals surface area contributed by atoms with Crippen LogP contribution >= 0.6 is 0 Å². The first-order valence-corrected chi connectivity index (χ1v) is 9.64. The number of aromatic amines is 1. The predicted molar refractivity (Wildman–Crippen MR) is 99.6 cm³/mol. The van der Waals surface area contributed by atoms with Crippen molar-refractivity contribution in [2.45, 2.75) is 4.90 Å². The van der Waals surface area contributed by atoms with Gasteiger partial charge in [-0.25, -0.2) is 13.4 Å². The van der Waals surface area contributed by atoms with Crippen molar-refractivity contribution in [3.05, 3.63) is 48.7 Å². The lowest BCUT2D eigenvalue weighted by Gasteiger charge is -2.12. The molecule has 2 aromatic carbocycles. The van der Waals surface area contributed by atoms with E-state index in [1.807, 2.05) is 6.07 Å². The molecule has 4 rings (SSSR count). The number of nitrogens with zero attached hydrogens (tertiary/aromatic N) is 2. The van der Waals surface area contributed by atoms with Gasteiger partial charge < -0.3 is 10.1 Å². The minimum atomic E-state index is -3.32. The normalized spacial score (nSPS) is 11.8. The van der Waals surface area contributed by atoms with Crippen molar-refractivity contribution >= 4 is 43.1 Å². The fourth-order valence-corrected chi connectivity index (χ4v) is 3.46. The number of sulfone groups is 1. The first-order chi connectivity index (χ1) is 12.5. The second-order valence-corrected chi connectivity index (χ2v) is 7.84. The zero-order valence-corrected chi connectivity index (χ0v) is 14.9. The van der Waals surface area contributed by atoms with Gasteiger partial charge in [0.1, 0.15) is 11.3 Å². The van der Waals surface area contributed by atoms with Gasteiger partial charge in [-0.05, 0) is 30.3 Å². The molecule has 131 valence electrons. The molecule has 2 aromatic heterocycles. The van der Waals surface area contributed by atoms with E-state index in [0.717, 1.165) is 16.3 Å². The Morgan fingerprint density at radius 1 is 1.23 bits per heavy atom. The third-order valence-corrected chi connectivity index (χ3v) is 5.21. The van der Waals surface area contributed by atoms with Crippen LogP contribution in [0.3, 0.4) is 0 Å². The number of fused-ring (bicyclic) bond motifs is 3. The summed E-state index contributed by atoms with van der Waals surface area (Å²) >= 11 is 0. The van der Waals surface area contributed by atoms with E-state index < -0.39 is 9.84 Å². The molecule has 0 atom stereocenters. The zero-order valence-electron chi connectivity index (χ0n) is 14.1. The Labute approximate surface area is 149 Å². The van der Waals surface area contributed by atoms with Gasteiger partial charge in [0, 0.05) is 17.0 Å². The van der Waals surface area contributed by atoms with Gasteiger partial charge in [-0.3, -0.25) is 5.10 Å². The number of hydrogen-bond donors (Lipinski definition) is 2. The van der Waals surface area contributed by atoms with Gasteiger partial charge in [0.2, 0.25) is 0 Å². The van der Waals surface area contributed by atoms with Crippen molar-refractivity contribution in [3.63, 3.8) is 0 Å².